The standard InChI is InChI=1S/C14H13N3O6/c18-8-3-1-7(2-4-8)5-10(13(21)22)15-6-9-11(19)16-14(23)17-12(9)20/h1-4,6,10,18H,5H2,(H,21,22)(H3,16,17,19,20,23)/t10-/m0/s1. The van der Waals surface area contributed by atoms with Gasteiger partial charge in [-0.05, 0) is 17.7 Å². The number of carboxylic acids is 1. The molecule has 0 aliphatic rings. The minimum atomic E-state index is -1.23. The maximum atomic E-state index is 11.5. The van der Waals surface area contributed by atoms with Gasteiger partial charge in [-0.2, -0.15) is 0 Å². The van der Waals surface area contributed by atoms with E-state index in [1.807, 2.05) is 9.97 Å². The summed E-state index contributed by atoms with van der Waals surface area (Å²) in [5, 5.41) is 27.9. The largest absolute Gasteiger partial charge is 0.508 e. The zero-order chi connectivity index (χ0) is 17.0. The Morgan fingerprint density at radius 1 is 1.17 bits per heavy atom. The minimum Gasteiger partial charge on any atom is -0.508 e. The topological polar surface area (TPSA) is 156 Å². The number of H-pyrrole nitrogens is 2. The fourth-order valence-corrected chi connectivity index (χ4v) is 1.83. The Labute approximate surface area is 128 Å². The Morgan fingerprint density at radius 3 is 2.39 bits per heavy atom. The van der Waals surface area contributed by atoms with Crippen LogP contribution in [-0.2, 0) is 11.2 Å². The lowest BCUT2D eigenvalue weighted by atomic mass is 10.1. The van der Waals surface area contributed by atoms with E-state index in [0.29, 0.717) is 5.56 Å². The van der Waals surface area contributed by atoms with Crippen molar-refractivity contribution >= 4 is 12.2 Å². The molecule has 0 fully saturated rings. The number of aromatic hydroxyl groups is 2. The average Bonchev–Trinajstić information content (AvgIpc) is 2.46. The molecular formula is C14H13N3O6. The van der Waals surface area contributed by atoms with Crippen molar-refractivity contribution in [3.8, 4) is 11.6 Å². The molecule has 0 bridgehead atoms. The summed E-state index contributed by atoms with van der Waals surface area (Å²) in [4.78, 5) is 41.4. The number of hydrogen-bond donors (Lipinski definition) is 5. The molecule has 23 heavy (non-hydrogen) atoms. The van der Waals surface area contributed by atoms with Gasteiger partial charge in [0.15, 0.2) is 6.04 Å². The molecule has 1 aromatic carbocycles. The predicted molar refractivity (Wildman–Crippen MR) is 80.2 cm³/mol. The van der Waals surface area contributed by atoms with Crippen LogP contribution in [0.15, 0.2) is 38.8 Å². The molecule has 2 rings (SSSR count). The van der Waals surface area contributed by atoms with Gasteiger partial charge in [0.2, 0.25) is 5.88 Å². The summed E-state index contributed by atoms with van der Waals surface area (Å²) in [6, 6.07) is 4.72. The van der Waals surface area contributed by atoms with Crippen LogP contribution < -0.4 is 11.2 Å². The molecule has 0 spiro atoms. The molecule has 0 aliphatic carbocycles. The zero-order valence-corrected chi connectivity index (χ0v) is 11.7. The SMILES string of the molecule is O=C(O)[C@H](Cc1ccc(O)cc1)N=Cc1c(O)[nH]c(=O)[nH]c1=O. The van der Waals surface area contributed by atoms with E-state index in [1.165, 1.54) is 12.1 Å². The van der Waals surface area contributed by atoms with Crippen LogP contribution in [0.2, 0.25) is 0 Å². The molecule has 0 saturated heterocycles. The third-order valence-corrected chi connectivity index (χ3v) is 2.99. The van der Waals surface area contributed by atoms with Crippen molar-refractivity contribution in [1.82, 2.24) is 9.97 Å². The van der Waals surface area contributed by atoms with Gasteiger partial charge in [-0.3, -0.25) is 19.8 Å². The van der Waals surface area contributed by atoms with Crippen LogP contribution >= 0.6 is 0 Å². The maximum absolute atomic E-state index is 11.5. The lowest BCUT2D eigenvalue weighted by Gasteiger charge is -2.07. The molecule has 0 radical (unpaired) electrons. The summed E-state index contributed by atoms with van der Waals surface area (Å²) >= 11 is 0. The van der Waals surface area contributed by atoms with Crippen LogP contribution in [0.5, 0.6) is 11.6 Å². The molecule has 5 N–H and O–H groups in total. The van der Waals surface area contributed by atoms with E-state index in [9.17, 15) is 29.7 Å². The number of phenols is 1. The molecular weight excluding hydrogens is 306 g/mol. The Hall–Kier alpha value is -3.36. The van der Waals surface area contributed by atoms with Crippen molar-refractivity contribution in [3.05, 3.63) is 56.2 Å². The number of nitrogens with zero attached hydrogens (tertiary/aromatic N) is 1. The lowest BCUT2D eigenvalue weighted by Crippen LogP contribution is -2.26. The first-order chi connectivity index (χ1) is 10.9. The molecule has 9 heteroatoms. The summed E-state index contributed by atoms with van der Waals surface area (Å²) < 4.78 is 0. The highest BCUT2D eigenvalue weighted by Gasteiger charge is 2.17. The Morgan fingerprint density at radius 2 is 1.83 bits per heavy atom. The van der Waals surface area contributed by atoms with Gasteiger partial charge >= 0.3 is 11.7 Å². The van der Waals surface area contributed by atoms with E-state index in [0.717, 1.165) is 6.21 Å². The van der Waals surface area contributed by atoms with Crippen molar-refractivity contribution in [3.63, 3.8) is 0 Å². The Bertz CT molecular complexity index is 850. The van der Waals surface area contributed by atoms with Crippen LogP contribution in [0, 0.1) is 0 Å². The number of rotatable bonds is 5. The third kappa shape index (κ3) is 4.06. The quantitative estimate of drug-likeness (QED) is 0.472. The highest BCUT2D eigenvalue weighted by atomic mass is 16.4. The van der Waals surface area contributed by atoms with Gasteiger partial charge in [-0.15, -0.1) is 0 Å². The van der Waals surface area contributed by atoms with Crippen LogP contribution in [0.25, 0.3) is 0 Å². The Balaban J connectivity index is 2.26. The predicted octanol–water partition coefficient (Wildman–Crippen LogP) is -0.411. The van der Waals surface area contributed by atoms with Crippen LogP contribution in [-0.4, -0.2) is 43.5 Å². The number of aliphatic carboxylic acids is 1. The van der Waals surface area contributed by atoms with Gasteiger partial charge in [0.25, 0.3) is 5.56 Å². The average molecular weight is 319 g/mol. The summed E-state index contributed by atoms with van der Waals surface area (Å²) in [6.07, 6.45) is 0.914. The molecule has 0 amide bonds. The highest BCUT2D eigenvalue weighted by molar-refractivity contribution is 5.85. The van der Waals surface area contributed by atoms with E-state index in [-0.39, 0.29) is 17.7 Å². The van der Waals surface area contributed by atoms with Gasteiger partial charge in [-0.25, -0.2) is 9.59 Å². The normalized spacial score (nSPS) is 12.3. The molecule has 0 aliphatic heterocycles. The second-order valence-corrected chi connectivity index (χ2v) is 4.67. The number of aliphatic imine (C=N–C) groups is 1. The molecule has 9 nitrogen and oxygen atoms in total. The number of phenolic OH excluding ortho intramolecular Hbond substituents is 1. The fraction of sp³-hybridized carbons (Fsp3) is 0.143. The molecule has 1 heterocycles. The zero-order valence-electron chi connectivity index (χ0n) is 11.7. The van der Waals surface area contributed by atoms with Crippen LogP contribution in [0.4, 0.5) is 0 Å². The van der Waals surface area contributed by atoms with Crippen molar-refractivity contribution in [2.24, 2.45) is 4.99 Å². The van der Waals surface area contributed by atoms with Gasteiger partial charge in [0.05, 0.1) is 0 Å². The molecule has 0 unspecified atom stereocenters. The van der Waals surface area contributed by atoms with Gasteiger partial charge in [0, 0.05) is 12.6 Å². The highest BCUT2D eigenvalue weighted by Crippen LogP contribution is 2.13. The van der Waals surface area contributed by atoms with E-state index in [2.05, 4.69) is 4.99 Å². The number of aromatic nitrogens is 2. The van der Waals surface area contributed by atoms with E-state index in [4.69, 9.17) is 0 Å². The first-order valence-electron chi connectivity index (χ1n) is 6.46. The van der Waals surface area contributed by atoms with E-state index < -0.39 is 29.1 Å². The first kappa shape index (κ1) is 16.0. The van der Waals surface area contributed by atoms with E-state index in [1.54, 1.807) is 12.1 Å². The first-order valence-corrected chi connectivity index (χ1v) is 6.46. The smallest absolute Gasteiger partial charge is 0.328 e. The lowest BCUT2D eigenvalue weighted by molar-refractivity contribution is -0.138. The molecule has 120 valence electrons. The second-order valence-electron chi connectivity index (χ2n) is 4.67. The fourth-order valence-electron chi connectivity index (χ4n) is 1.83. The van der Waals surface area contributed by atoms with Crippen LogP contribution in [0.1, 0.15) is 11.1 Å². The molecule has 1 aromatic heterocycles. The summed E-state index contributed by atoms with van der Waals surface area (Å²) in [5.74, 6) is -1.88. The van der Waals surface area contributed by atoms with E-state index >= 15 is 0 Å². The summed E-state index contributed by atoms with van der Waals surface area (Å²) in [5.41, 5.74) is -1.50. The van der Waals surface area contributed by atoms with Crippen LogP contribution in [0.3, 0.4) is 0 Å². The maximum Gasteiger partial charge on any atom is 0.328 e. The summed E-state index contributed by atoms with van der Waals surface area (Å²) in [6.45, 7) is 0. The Kier molecular flexibility index (Phi) is 4.60. The monoisotopic (exact) mass is 319 g/mol. The third-order valence-electron chi connectivity index (χ3n) is 2.99. The summed E-state index contributed by atoms with van der Waals surface area (Å²) in [7, 11) is 0. The van der Waals surface area contributed by atoms with Gasteiger partial charge < -0.3 is 15.3 Å². The molecule has 1 atom stereocenters. The molecule has 0 saturated carbocycles. The number of carboxylic acid groups (broad SMARTS) is 1. The van der Waals surface area contributed by atoms with Gasteiger partial charge in [-0.1, -0.05) is 12.1 Å². The number of hydrogen-bond acceptors (Lipinski definition) is 6. The van der Waals surface area contributed by atoms with Crippen molar-refractivity contribution in [2.75, 3.05) is 0 Å². The number of carbonyl (C=O) groups is 1. The number of benzene rings is 1. The van der Waals surface area contributed by atoms with Crippen molar-refractivity contribution in [1.29, 1.82) is 0 Å². The van der Waals surface area contributed by atoms with Crippen molar-refractivity contribution in [2.45, 2.75) is 12.5 Å². The van der Waals surface area contributed by atoms with Crippen molar-refractivity contribution < 1.29 is 20.1 Å². The molecule has 2 aromatic rings. The van der Waals surface area contributed by atoms with Gasteiger partial charge in [0.1, 0.15) is 11.3 Å². The minimum absolute atomic E-state index is 0.0220. The number of nitrogens with one attached hydrogen (secondary N) is 2. The number of aromatic amines is 2. The second kappa shape index (κ2) is 6.60.